The highest BCUT2D eigenvalue weighted by molar-refractivity contribution is 6.30. The van der Waals surface area contributed by atoms with E-state index in [1.165, 1.54) is 0 Å². The summed E-state index contributed by atoms with van der Waals surface area (Å²) in [6.07, 6.45) is -5.78. The number of alkyl halides is 3. The standard InChI is InChI=1S/C18H15ClF3N3O3/c19-13-4-6-14(7-5-13)24-16(26)23-10-11-2-1-3-12(8-11)15-9-17(27,28-25-15)18(20,21)22/h1-8,27H,9-10H2,(H2,23,24,26). The van der Waals surface area contributed by atoms with E-state index >= 15 is 0 Å². The monoisotopic (exact) mass is 413 g/mol. The number of halogens is 4. The second-order valence-corrected chi connectivity index (χ2v) is 6.54. The van der Waals surface area contributed by atoms with Crippen molar-refractivity contribution in [1.29, 1.82) is 0 Å². The molecule has 0 radical (unpaired) electrons. The van der Waals surface area contributed by atoms with Gasteiger partial charge < -0.3 is 20.6 Å². The molecule has 10 heteroatoms. The van der Waals surface area contributed by atoms with Crippen molar-refractivity contribution in [3.8, 4) is 0 Å². The van der Waals surface area contributed by atoms with Crippen molar-refractivity contribution in [3.63, 3.8) is 0 Å². The molecule has 1 unspecified atom stereocenters. The molecule has 0 aromatic heterocycles. The van der Waals surface area contributed by atoms with Crippen molar-refractivity contribution in [2.24, 2.45) is 5.16 Å². The molecule has 28 heavy (non-hydrogen) atoms. The summed E-state index contributed by atoms with van der Waals surface area (Å²) in [6.45, 7) is 0.130. The highest BCUT2D eigenvalue weighted by atomic mass is 35.5. The van der Waals surface area contributed by atoms with Crippen LogP contribution < -0.4 is 10.6 Å². The molecule has 0 saturated carbocycles. The number of amides is 2. The first-order valence-electron chi connectivity index (χ1n) is 8.10. The predicted octanol–water partition coefficient (Wildman–Crippen LogP) is 4.04. The Bertz CT molecular complexity index is 903. The van der Waals surface area contributed by atoms with E-state index in [2.05, 4.69) is 20.6 Å². The minimum atomic E-state index is -4.96. The van der Waals surface area contributed by atoms with Gasteiger partial charge in [-0.05, 0) is 41.5 Å². The van der Waals surface area contributed by atoms with Crippen molar-refractivity contribution >= 4 is 29.0 Å². The highest BCUT2D eigenvalue weighted by Gasteiger charge is 2.60. The maximum atomic E-state index is 12.8. The minimum absolute atomic E-state index is 0.0349. The van der Waals surface area contributed by atoms with Crippen LogP contribution in [0.25, 0.3) is 0 Å². The van der Waals surface area contributed by atoms with E-state index in [0.717, 1.165) is 0 Å². The van der Waals surface area contributed by atoms with Crippen LogP contribution in [0, 0.1) is 0 Å². The van der Waals surface area contributed by atoms with Crippen LogP contribution in [0.3, 0.4) is 0 Å². The molecule has 3 N–H and O–H groups in total. The van der Waals surface area contributed by atoms with E-state index < -0.39 is 24.4 Å². The summed E-state index contributed by atoms with van der Waals surface area (Å²) < 4.78 is 38.4. The molecule has 2 amide bonds. The summed E-state index contributed by atoms with van der Waals surface area (Å²) >= 11 is 5.78. The number of oxime groups is 1. The number of nitrogens with zero attached hydrogens (tertiary/aromatic N) is 1. The fraction of sp³-hybridized carbons (Fsp3) is 0.222. The molecule has 1 aliphatic heterocycles. The van der Waals surface area contributed by atoms with E-state index in [1.54, 1.807) is 48.5 Å². The number of benzene rings is 2. The molecular formula is C18H15ClF3N3O3. The molecule has 1 heterocycles. The lowest BCUT2D eigenvalue weighted by atomic mass is 10.0. The van der Waals surface area contributed by atoms with E-state index in [0.29, 0.717) is 21.8 Å². The number of carbonyl (C=O) groups is 1. The molecule has 2 aromatic carbocycles. The molecule has 6 nitrogen and oxygen atoms in total. The summed E-state index contributed by atoms with van der Waals surface area (Å²) in [4.78, 5) is 16.2. The third-order valence-electron chi connectivity index (χ3n) is 3.97. The van der Waals surface area contributed by atoms with E-state index in [9.17, 15) is 23.1 Å². The van der Waals surface area contributed by atoms with Gasteiger partial charge in [-0.25, -0.2) is 4.79 Å². The van der Waals surface area contributed by atoms with Gasteiger partial charge in [0.15, 0.2) is 0 Å². The van der Waals surface area contributed by atoms with Crippen molar-refractivity contribution in [2.75, 3.05) is 5.32 Å². The molecule has 0 spiro atoms. The van der Waals surface area contributed by atoms with E-state index in [-0.39, 0.29) is 12.3 Å². The number of hydrogen-bond acceptors (Lipinski definition) is 4. The maximum absolute atomic E-state index is 12.8. The molecule has 0 bridgehead atoms. The van der Waals surface area contributed by atoms with Gasteiger partial charge in [-0.2, -0.15) is 13.2 Å². The van der Waals surface area contributed by atoms with Gasteiger partial charge in [0.2, 0.25) is 0 Å². The van der Waals surface area contributed by atoms with Crippen LogP contribution in [0.4, 0.5) is 23.7 Å². The Morgan fingerprint density at radius 2 is 1.96 bits per heavy atom. The van der Waals surface area contributed by atoms with Crippen LogP contribution in [0.15, 0.2) is 53.7 Å². The summed E-state index contributed by atoms with van der Waals surface area (Å²) in [6, 6.07) is 12.5. The molecule has 1 atom stereocenters. The van der Waals surface area contributed by atoms with Crippen LogP contribution in [0.1, 0.15) is 17.5 Å². The van der Waals surface area contributed by atoms with Gasteiger partial charge in [0.05, 0.1) is 12.1 Å². The number of hydrogen-bond donors (Lipinski definition) is 3. The number of urea groups is 1. The van der Waals surface area contributed by atoms with Crippen molar-refractivity contribution < 1.29 is 27.9 Å². The molecule has 3 rings (SSSR count). The lowest BCUT2D eigenvalue weighted by Gasteiger charge is -2.22. The lowest BCUT2D eigenvalue weighted by molar-refractivity contribution is -0.355. The average molecular weight is 414 g/mol. The molecule has 148 valence electrons. The zero-order valence-corrected chi connectivity index (χ0v) is 15.0. The zero-order valence-electron chi connectivity index (χ0n) is 14.3. The largest absolute Gasteiger partial charge is 0.458 e. The summed E-state index contributed by atoms with van der Waals surface area (Å²) in [7, 11) is 0. The summed E-state index contributed by atoms with van der Waals surface area (Å²) in [5.74, 6) is -3.32. The predicted molar refractivity (Wildman–Crippen MR) is 97.0 cm³/mol. The first-order valence-corrected chi connectivity index (χ1v) is 8.48. The van der Waals surface area contributed by atoms with Crippen LogP contribution in [-0.2, 0) is 11.4 Å². The Morgan fingerprint density at radius 3 is 2.61 bits per heavy atom. The molecule has 1 aliphatic rings. The van der Waals surface area contributed by atoms with Gasteiger partial charge in [0.1, 0.15) is 0 Å². The third-order valence-corrected chi connectivity index (χ3v) is 4.22. The van der Waals surface area contributed by atoms with Crippen molar-refractivity contribution in [1.82, 2.24) is 5.32 Å². The Labute approximate surface area is 162 Å². The number of nitrogens with one attached hydrogen (secondary N) is 2. The highest BCUT2D eigenvalue weighted by Crippen LogP contribution is 2.38. The molecule has 2 aromatic rings. The number of aliphatic hydroxyl groups is 1. The third kappa shape index (κ3) is 4.55. The number of rotatable bonds is 4. The first-order chi connectivity index (χ1) is 13.2. The number of carbonyl (C=O) groups excluding carboxylic acids is 1. The van der Waals surface area contributed by atoms with Crippen LogP contribution in [0.5, 0.6) is 0 Å². The Kier molecular flexibility index (Phi) is 5.48. The quantitative estimate of drug-likeness (QED) is 0.707. The second-order valence-electron chi connectivity index (χ2n) is 6.10. The fourth-order valence-electron chi connectivity index (χ4n) is 2.48. The van der Waals surface area contributed by atoms with Gasteiger partial charge in [-0.15, -0.1) is 0 Å². The van der Waals surface area contributed by atoms with Gasteiger partial charge in [-0.1, -0.05) is 35.0 Å². The topological polar surface area (TPSA) is 83.0 Å². The Balaban J connectivity index is 1.60. The summed E-state index contributed by atoms with van der Waals surface area (Å²) in [5.41, 5.74) is 1.51. The van der Waals surface area contributed by atoms with Crippen LogP contribution >= 0.6 is 11.6 Å². The van der Waals surface area contributed by atoms with Gasteiger partial charge >= 0.3 is 18.0 Å². The normalized spacial score (nSPS) is 19.0. The zero-order chi connectivity index (χ0) is 20.4. The van der Waals surface area contributed by atoms with Gasteiger partial charge in [0.25, 0.3) is 0 Å². The Hall–Kier alpha value is -2.78. The van der Waals surface area contributed by atoms with Gasteiger partial charge in [-0.3, -0.25) is 0 Å². The molecule has 0 aliphatic carbocycles. The molecule has 0 fully saturated rings. The second kappa shape index (κ2) is 7.69. The SMILES string of the molecule is O=C(NCc1cccc(C2=NOC(O)(C(F)(F)F)C2)c1)Nc1ccc(Cl)cc1. The fourth-order valence-corrected chi connectivity index (χ4v) is 2.61. The van der Waals surface area contributed by atoms with Crippen molar-refractivity contribution in [2.45, 2.75) is 24.9 Å². The number of anilines is 1. The average Bonchev–Trinajstić information content (AvgIpc) is 3.06. The molecule has 0 saturated heterocycles. The maximum Gasteiger partial charge on any atom is 0.458 e. The van der Waals surface area contributed by atoms with E-state index in [1.807, 2.05) is 0 Å². The van der Waals surface area contributed by atoms with Crippen LogP contribution in [-0.4, -0.2) is 28.8 Å². The van der Waals surface area contributed by atoms with E-state index in [4.69, 9.17) is 11.6 Å². The Morgan fingerprint density at radius 1 is 1.25 bits per heavy atom. The smallest absolute Gasteiger partial charge is 0.350 e. The van der Waals surface area contributed by atoms with Crippen molar-refractivity contribution in [3.05, 3.63) is 64.7 Å². The van der Waals surface area contributed by atoms with Crippen LogP contribution in [0.2, 0.25) is 5.02 Å². The van der Waals surface area contributed by atoms with Gasteiger partial charge in [0, 0.05) is 17.3 Å². The minimum Gasteiger partial charge on any atom is -0.350 e. The first kappa shape index (κ1) is 20.0. The lowest BCUT2D eigenvalue weighted by Crippen LogP contribution is -2.45. The summed E-state index contributed by atoms with van der Waals surface area (Å²) in [5, 5.41) is 18.7. The molecular weight excluding hydrogens is 399 g/mol.